The zero-order valence-electron chi connectivity index (χ0n) is 20.9. The van der Waals surface area contributed by atoms with E-state index in [-0.39, 0.29) is 5.95 Å². The van der Waals surface area contributed by atoms with Crippen LogP contribution in [-0.4, -0.2) is 83.9 Å². The summed E-state index contributed by atoms with van der Waals surface area (Å²) in [6, 6.07) is 2.00. The molecule has 6 N–H and O–H groups in total. The van der Waals surface area contributed by atoms with Gasteiger partial charge in [-0.2, -0.15) is 9.97 Å². The van der Waals surface area contributed by atoms with Gasteiger partial charge < -0.3 is 44.9 Å². The largest absolute Gasteiger partial charge is 0.470 e. The number of hydrogen-bond acceptors (Lipinski definition) is 12. The number of hydrogen-bond donors (Lipinski definition) is 5. The lowest BCUT2D eigenvalue weighted by Gasteiger charge is -2.39. The van der Waals surface area contributed by atoms with Crippen LogP contribution in [0.5, 0.6) is 5.88 Å². The highest BCUT2D eigenvalue weighted by Gasteiger charge is 2.43. The molecule has 0 bridgehead atoms. The number of rotatable bonds is 14. The minimum absolute atomic E-state index is 0.146. The van der Waals surface area contributed by atoms with E-state index in [9.17, 15) is 20.4 Å². The van der Waals surface area contributed by atoms with Gasteiger partial charge in [0.05, 0.1) is 12.9 Å². The predicted molar refractivity (Wildman–Crippen MR) is 144 cm³/mol. The van der Waals surface area contributed by atoms with Gasteiger partial charge in [0, 0.05) is 27.9 Å². The Morgan fingerprint density at radius 1 is 1.05 bits per heavy atom. The summed E-state index contributed by atoms with van der Waals surface area (Å²) in [7, 11) is 0. The fourth-order valence-electron chi connectivity index (χ4n) is 4.26. The van der Waals surface area contributed by atoms with Gasteiger partial charge in [-0.3, -0.25) is 0 Å². The van der Waals surface area contributed by atoms with Crippen molar-refractivity contribution in [2.24, 2.45) is 0 Å². The summed E-state index contributed by atoms with van der Waals surface area (Å²) in [6.45, 7) is 1.01. The molecule has 210 valence electrons. The number of imidazole rings is 1. The van der Waals surface area contributed by atoms with Crippen molar-refractivity contribution in [3.05, 3.63) is 27.1 Å². The second-order valence-electron chi connectivity index (χ2n) is 9.21. The maximum atomic E-state index is 10.00. The minimum Gasteiger partial charge on any atom is -0.470 e. The summed E-state index contributed by atoms with van der Waals surface area (Å²) in [5.74, 6) is 0.522. The lowest BCUT2D eigenvalue weighted by Crippen LogP contribution is -2.59. The molecule has 0 aromatic carbocycles. The second-order valence-corrected chi connectivity index (χ2v) is 11.1. The summed E-state index contributed by atoms with van der Waals surface area (Å²) < 4.78 is 19.7. The maximum absolute atomic E-state index is 10.00. The number of halogens is 1. The molecule has 4 heterocycles. The highest BCUT2D eigenvalue weighted by atomic mass is 79.9. The van der Waals surface area contributed by atoms with Crippen LogP contribution in [0.2, 0.25) is 0 Å². The van der Waals surface area contributed by atoms with Gasteiger partial charge in [0.1, 0.15) is 31.0 Å². The third-order valence-electron chi connectivity index (χ3n) is 6.35. The van der Waals surface area contributed by atoms with Gasteiger partial charge in [0.2, 0.25) is 11.8 Å². The van der Waals surface area contributed by atoms with E-state index in [1.54, 1.807) is 17.7 Å². The Bertz CT molecular complexity index is 1160. The van der Waals surface area contributed by atoms with Crippen molar-refractivity contribution < 1.29 is 34.6 Å². The van der Waals surface area contributed by atoms with E-state index >= 15 is 0 Å². The Kier molecular flexibility index (Phi) is 10.7. The number of anilines is 1. The van der Waals surface area contributed by atoms with Gasteiger partial charge in [-0.05, 0) is 34.8 Å². The summed E-state index contributed by atoms with van der Waals surface area (Å²) in [5, 5.41) is 40.9. The molecule has 1 fully saturated rings. The normalized spacial score (nSPS) is 23.8. The zero-order valence-corrected chi connectivity index (χ0v) is 23.3. The van der Waals surface area contributed by atoms with E-state index in [0.29, 0.717) is 30.3 Å². The molecule has 3 aromatic rings. The number of nitrogens with two attached hydrogens (primary N) is 1. The molecule has 1 saturated heterocycles. The highest BCUT2D eigenvalue weighted by molar-refractivity contribution is 9.10. The van der Waals surface area contributed by atoms with Gasteiger partial charge in [0.25, 0.3) is 0 Å². The Morgan fingerprint density at radius 3 is 2.55 bits per heavy atom. The van der Waals surface area contributed by atoms with Gasteiger partial charge in [-0.15, -0.1) is 11.3 Å². The number of unbranched alkanes of at least 4 members (excludes halogenated alkanes) is 5. The summed E-state index contributed by atoms with van der Waals surface area (Å²) >= 11 is 5.03. The van der Waals surface area contributed by atoms with Gasteiger partial charge in [-0.25, -0.2) is 4.98 Å². The standard InChI is InChI=1S/C24H34BrN5O7S/c25-14-9-15(38-12-14)11-36-22-17-21(28-24(26)29-22)30(13-27-17)7-5-3-1-2-4-6-8-35-23-20(34)19(33)18(32)16(10-31)37-23/h9,12-13,16,18-20,23,31-34H,1-8,10-11H2,(H2,26,28,29)/t16-,18-,19-,20+,23+/m1/s1. The molecule has 1 aliphatic heterocycles. The first-order valence-corrected chi connectivity index (χ1v) is 14.3. The van der Waals surface area contributed by atoms with Crippen LogP contribution in [0.4, 0.5) is 5.95 Å². The van der Waals surface area contributed by atoms with E-state index in [2.05, 4.69) is 30.9 Å². The second kappa shape index (κ2) is 13.9. The first kappa shape index (κ1) is 29.1. The van der Waals surface area contributed by atoms with Crippen molar-refractivity contribution in [1.29, 1.82) is 0 Å². The van der Waals surface area contributed by atoms with Gasteiger partial charge >= 0.3 is 0 Å². The highest BCUT2D eigenvalue weighted by Crippen LogP contribution is 2.26. The van der Waals surface area contributed by atoms with Gasteiger partial charge in [-0.1, -0.05) is 25.7 Å². The number of fused-ring (bicyclic) bond motifs is 1. The van der Waals surface area contributed by atoms with Crippen molar-refractivity contribution in [2.75, 3.05) is 18.9 Å². The minimum atomic E-state index is -1.42. The average molecular weight is 617 g/mol. The first-order chi connectivity index (χ1) is 18.4. The van der Waals surface area contributed by atoms with Crippen LogP contribution in [-0.2, 0) is 22.6 Å². The third kappa shape index (κ3) is 7.39. The zero-order chi connectivity index (χ0) is 27.1. The van der Waals surface area contributed by atoms with Crippen molar-refractivity contribution in [1.82, 2.24) is 19.5 Å². The molecule has 5 atom stereocenters. The van der Waals surface area contributed by atoms with Crippen LogP contribution in [0.15, 0.2) is 22.2 Å². The number of aliphatic hydroxyl groups excluding tert-OH is 4. The topological polar surface area (TPSA) is 178 Å². The number of nitrogen functional groups attached to an aromatic ring is 1. The smallest absolute Gasteiger partial charge is 0.247 e. The Hall–Kier alpha value is -1.91. The lowest BCUT2D eigenvalue weighted by atomic mass is 9.99. The molecule has 0 saturated carbocycles. The molecular formula is C24H34BrN5O7S. The van der Waals surface area contributed by atoms with E-state index in [0.717, 1.165) is 54.4 Å². The Labute approximate surface area is 232 Å². The molecule has 0 unspecified atom stereocenters. The van der Waals surface area contributed by atoms with Crippen molar-refractivity contribution in [2.45, 2.75) is 82.4 Å². The lowest BCUT2D eigenvalue weighted by molar-refractivity contribution is -0.301. The number of nitrogens with zero attached hydrogens (tertiary/aromatic N) is 4. The monoisotopic (exact) mass is 615 g/mol. The van der Waals surface area contributed by atoms with Crippen LogP contribution in [0.1, 0.15) is 43.4 Å². The molecule has 0 radical (unpaired) electrons. The fourth-order valence-corrected chi connectivity index (χ4v) is 5.63. The molecule has 12 nitrogen and oxygen atoms in total. The third-order valence-corrected chi connectivity index (χ3v) is 8.02. The van der Waals surface area contributed by atoms with Gasteiger partial charge in [0.15, 0.2) is 17.5 Å². The number of thiophene rings is 1. The van der Waals surface area contributed by atoms with E-state index in [4.69, 9.17) is 19.9 Å². The maximum Gasteiger partial charge on any atom is 0.247 e. The Morgan fingerprint density at radius 2 is 1.82 bits per heavy atom. The SMILES string of the molecule is Nc1nc(OCc2cc(Br)cs2)c2ncn(CCCCCCCCO[C@H]3O[C@H](CO)[C@@H](O)[C@@H](O)[C@@H]3O)c2n1. The van der Waals surface area contributed by atoms with Crippen molar-refractivity contribution in [3.63, 3.8) is 0 Å². The molecule has 0 aliphatic carbocycles. The van der Waals surface area contributed by atoms with Crippen LogP contribution in [0.25, 0.3) is 11.2 Å². The van der Waals surface area contributed by atoms with Crippen LogP contribution >= 0.6 is 27.3 Å². The molecule has 0 amide bonds. The number of aromatic nitrogens is 4. The van der Waals surface area contributed by atoms with E-state index < -0.39 is 37.3 Å². The van der Waals surface area contributed by atoms with Crippen LogP contribution in [0, 0.1) is 0 Å². The summed E-state index contributed by atoms with van der Waals surface area (Å²) in [6.07, 6.45) is 1.31. The van der Waals surface area contributed by atoms with Crippen LogP contribution in [0.3, 0.4) is 0 Å². The van der Waals surface area contributed by atoms with Crippen molar-refractivity contribution >= 4 is 44.4 Å². The molecule has 1 aliphatic rings. The van der Waals surface area contributed by atoms with E-state index in [1.807, 2.05) is 16.0 Å². The molecule has 0 spiro atoms. The fraction of sp³-hybridized carbons (Fsp3) is 0.625. The summed E-state index contributed by atoms with van der Waals surface area (Å²) in [5.41, 5.74) is 7.18. The molecule has 3 aromatic heterocycles. The number of aryl methyl sites for hydroxylation is 1. The first-order valence-electron chi connectivity index (χ1n) is 12.6. The number of aliphatic hydroxyl groups is 4. The Balaban J connectivity index is 1.14. The molecule has 14 heteroatoms. The van der Waals surface area contributed by atoms with E-state index in [1.165, 1.54) is 0 Å². The van der Waals surface area contributed by atoms with Crippen LogP contribution < -0.4 is 10.5 Å². The van der Waals surface area contributed by atoms with Crippen molar-refractivity contribution in [3.8, 4) is 5.88 Å². The summed E-state index contributed by atoms with van der Waals surface area (Å²) in [4.78, 5) is 14.1. The predicted octanol–water partition coefficient (Wildman–Crippen LogP) is 1.97. The molecule has 4 rings (SSSR count). The quantitative estimate of drug-likeness (QED) is 0.167. The number of ether oxygens (including phenoxy) is 3. The molecule has 38 heavy (non-hydrogen) atoms. The molecular weight excluding hydrogens is 582 g/mol. The average Bonchev–Trinajstić information content (AvgIpc) is 3.51.